The molecule has 0 saturated heterocycles. The molecule has 3 aromatic heterocycles. The van der Waals surface area contributed by atoms with Crippen LogP contribution in [0.4, 0.5) is 0 Å². The fraction of sp³-hybridized carbons (Fsp3) is 0.0612. The zero-order chi connectivity index (χ0) is 35.6. The van der Waals surface area contributed by atoms with Crippen molar-refractivity contribution >= 4 is 43.6 Å². The van der Waals surface area contributed by atoms with Crippen molar-refractivity contribution in [3.8, 4) is 45.3 Å². The maximum atomic E-state index is 5.10. The van der Waals surface area contributed by atoms with E-state index in [-0.39, 0.29) is 0 Å². The summed E-state index contributed by atoms with van der Waals surface area (Å²) in [5.41, 5.74) is 15.8. The highest BCUT2D eigenvalue weighted by molar-refractivity contribution is 6.12. The third-order valence-electron chi connectivity index (χ3n) is 10.6. The molecule has 0 fully saturated rings. The highest BCUT2D eigenvalue weighted by Crippen LogP contribution is 2.38. The summed E-state index contributed by atoms with van der Waals surface area (Å²) in [6.07, 6.45) is 0. The van der Waals surface area contributed by atoms with Gasteiger partial charge in [-0.1, -0.05) is 108 Å². The zero-order valence-corrected chi connectivity index (χ0v) is 29.9. The summed E-state index contributed by atoms with van der Waals surface area (Å²) in [7, 11) is 0. The molecular weight excluding hydrogens is 645 g/mol. The van der Waals surface area contributed by atoms with Crippen molar-refractivity contribution in [1.82, 2.24) is 19.1 Å². The Bertz CT molecular complexity index is 2910. The van der Waals surface area contributed by atoms with Crippen molar-refractivity contribution in [2.45, 2.75) is 20.8 Å². The Hall–Kier alpha value is -6.78. The number of fused-ring (bicyclic) bond motifs is 6. The van der Waals surface area contributed by atoms with Crippen molar-refractivity contribution in [2.24, 2.45) is 0 Å². The van der Waals surface area contributed by atoms with Crippen LogP contribution in [0.25, 0.3) is 88.9 Å². The zero-order valence-electron chi connectivity index (χ0n) is 29.9. The third-order valence-corrected chi connectivity index (χ3v) is 10.6. The molecule has 10 aromatic rings. The van der Waals surface area contributed by atoms with Crippen LogP contribution in [0.5, 0.6) is 0 Å². The van der Waals surface area contributed by atoms with Gasteiger partial charge in [0.1, 0.15) is 0 Å². The van der Waals surface area contributed by atoms with Crippen molar-refractivity contribution in [3.63, 3.8) is 0 Å². The SMILES string of the molecule is Cc1ccc2c(c1)c1cc(C)ccc1n2-c1ccc2c(c1)c1ccccc1n2-c1ccc(-c2cc(-c3ccccc3)nc(-c3ccccc3)n2)cc1C. The molecule has 0 saturated carbocycles. The van der Waals surface area contributed by atoms with Crippen LogP contribution < -0.4 is 0 Å². The lowest BCUT2D eigenvalue weighted by Gasteiger charge is -2.14. The van der Waals surface area contributed by atoms with E-state index < -0.39 is 0 Å². The van der Waals surface area contributed by atoms with Crippen molar-refractivity contribution in [1.29, 1.82) is 0 Å². The molecule has 0 spiro atoms. The van der Waals surface area contributed by atoms with Gasteiger partial charge in [0.15, 0.2) is 5.82 Å². The smallest absolute Gasteiger partial charge is 0.160 e. The first kappa shape index (κ1) is 31.0. The molecule has 7 aromatic carbocycles. The first-order valence-corrected chi connectivity index (χ1v) is 18.2. The molecule has 4 nitrogen and oxygen atoms in total. The molecule has 0 atom stereocenters. The predicted molar refractivity (Wildman–Crippen MR) is 221 cm³/mol. The van der Waals surface area contributed by atoms with Gasteiger partial charge in [-0.05, 0) is 93.1 Å². The number of nitrogens with zero attached hydrogens (tertiary/aromatic N) is 4. The molecular formula is C49H36N4. The summed E-state index contributed by atoms with van der Waals surface area (Å²) in [6, 6.07) is 58.7. The molecule has 0 N–H and O–H groups in total. The highest BCUT2D eigenvalue weighted by Gasteiger charge is 2.18. The number of hydrogen-bond acceptors (Lipinski definition) is 2. The van der Waals surface area contributed by atoms with Crippen molar-refractivity contribution in [3.05, 3.63) is 180 Å². The van der Waals surface area contributed by atoms with Crippen molar-refractivity contribution < 1.29 is 0 Å². The maximum absolute atomic E-state index is 5.10. The maximum Gasteiger partial charge on any atom is 0.160 e. The van der Waals surface area contributed by atoms with Gasteiger partial charge < -0.3 is 9.13 Å². The second-order valence-electron chi connectivity index (χ2n) is 14.1. The van der Waals surface area contributed by atoms with Gasteiger partial charge in [-0.3, -0.25) is 0 Å². The van der Waals surface area contributed by atoms with Crippen molar-refractivity contribution in [2.75, 3.05) is 0 Å². The predicted octanol–water partition coefficient (Wildman–Crippen LogP) is 12.6. The number of aryl methyl sites for hydroxylation is 3. The van der Waals surface area contributed by atoms with Crippen LogP contribution in [0.15, 0.2) is 164 Å². The minimum Gasteiger partial charge on any atom is -0.309 e. The number of rotatable bonds is 5. The molecule has 4 heteroatoms. The van der Waals surface area contributed by atoms with Crippen LogP contribution >= 0.6 is 0 Å². The summed E-state index contributed by atoms with van der Waals surface area (Å²) in [4.78, 5) is 10.1. The molecule has 53 heavy (non-hydrogen) atoms. The molecule has 0 radical (unpaired) electrons. The Kier molecular flexibility index (Phi) is 7.12. The molecule has 0 bridgehead atoms. The third kappa shape index (κ3) is 5.14. The van der Waals surface area contributed by atoms with Crippen LogP contribution in [0.1, 0.15) is 16.7 Å². The Morgan fingerprint density at radius 1 is 0.377 bits per heavy atom. The van der Waals surface area contributed by atoms with Crippen LogP contribution in [0.2, 0.25) is 0 Å². The largest absolute Gasteiger partial charge is 0.309 e. The van der Waals surface area contributed by atoms with Crippen LogP contribution in [0, 0.1) is 20.8 Å². The van der Waals surface area contributed by atoms with Gasteiger partial charge >= 0.3 is 0 Å². The Morgan fingerprint density at radius 3 is 1.60 bits per heavy atom. The standard InChI is InChI=1S/C49H36N4/c1-31-18-22-46-39(26-31)40-27-32(2)19-23-47(40)52(46)37-21-25-48-41(29-37)38-16-10-11-17-45(38)53(48)44-24-20-36(28-33(44)3)43-30-42(34-12-6-4-7-13-34)50-49(51-43)35-14-8-5-9-15-35/h4-30H,1-3H3. The summed E-state index contributed by atoms with van der Waals surface area (Å²) >= 11 is 0. The number of hydrogen-bond donors (Lipinski definition) is 0. The van der Waals surface area contributed by atoms with E-state index in [9.17, 15) is 0 Å². The average Bonchev–Trinajstić information content (AvgIpc) is 3.70. The minimum atomic E-state index is 0.718. The molecule has 252 valence electrons. The summed E-state index contributed by atoms with van der Waals surface area (Å²) in [5.74, 6) is 0.718. The quantitative estimate of drug-likeness (QED) is 0.181. The summed E-state index contributed by atoms with van der Waals surface area (Å²) in [5, 5.41) is 5.04. The molecule has 0 aliphatic rings. The van der Waals surface area contributed by atoms with Crippen LogP contribution in [-0.4, -0.2) is 19.1 Å². The van der Waals surface area contributed by atoms with Gasteiger partial charge in [-0.25, -0.2) is 9.97 Å². The molecule has 3 heterocycles. The molecule has 0 unspecified atom stereocenters. The summed E-state index contributed by atoms with van der Waals surface area (Å²) in [6.45, 7) is 6.55. The normalized spacial score (nSPS) is 11.7. The lowest BCUT2D eigenvalue weighted by atomic mass is 10.0. The van der Waals surface area contributed by atoms with Crippen LogP contribution in [-0.2, 0) is 0 Å². The van der Waals surface area contributed by atoms with Gasteiger partial charge in [0, 0.05) is 49.6 Å². The molecule has 0 aliphatic carbocycles. The molecule has 0 amide bonds. The lowest BCUT2D eigenvalue weighted by molar-refractivity contribution is 1.14. The number of benzene rings is 7. The van der Waals surface area contributed by atoms with Gasteiger partial charge in [-0.2, -0.15) is 0 Å². The fourth-order valence-corrected chi connectivity index (χ4v) is 8.02. The van der Waals surface area contributed by atoms with Crippen LogP contribution in [0.3, 0.4) is 0 Å². The first-order valence-electron chi connectivity index (χ1n) is 18.2. The van der Waals surface area contributed by atoms with E-state index in [1.54, 1.807) is 0 Å². The van der Waals surface area contributed by atoms with Gasteiger partial charge in [0.25, 0.3) is 0 Å². The Balaban J connectivity index is 1.13. The van der Waals surface area contributed by atoms with E-state index in [1.165, 1.54) is 60.3 Å². The monoisotopic (exact) mass is 680 g/mol. The van der Waals surface area contributed by atoms with Gasteiger partial charge in [-0.15, -0.1) is 0 Å². The summed E-state index contributed by atoms with van der Waals surface area (Å²) < 4.78 is 4.83. The van der Waals surface area contributed by atoms with E-state index in [0.717, 1.165) is 45.3 Å². The molecule has 0 aliphatic heterocycles. The van der Waals surface area contributed by atoms with E-state index >= 15 is 0 Å². The number of aromatic nitrogens is 4. The second-order valence-corrected chi connectivity index (χ2v) is 14.1. The van der Waals surface area contributed by atoms with E-state index in [4.69, 9.17) is 9.97 Å². The minimum absolute atomic E-state index is 0.718. The van der Waals surface area contributed by atoms with Gasteiger partial charge in [0.2, 0.25) is 0 Å². The highest BCUT2D eigenvalue weighted by atomic mass is 15.0. The number of para-hydroxylation sites is 1. The fourth-order valence-electron chi connectivity index (χ4n) is 8.02. The average molecular weight is 681 g/mol. The van der Waals surface area contributed by atoms with Gasteiger partial charge in [0.05, 0.1) is 33.5 Å². The van der Waals surface area contributed by atoms with E-state index in [1.807, 2.05) is 24.3 Å². The molecule has 10 rings (SSSR count). The van der Waals surface area contributed by atoms with E-state index in [2.05, 4.69) is 169 Å². The lowest BCUT2D eigenvalue weighted by Crippen LogP contribution is -1.99. The van der Waals surface area contributed by atoms with E-state index in [0.29, 0.717) is 0 Å². The first-order chi connectivity index (χ1) is 26.0. The Labute approximate surface area is 308 Å². The second kappa shape index (κ2) is 12.2. The topological polar surface area (TPSA) is 35.6 Å². The Morgan fingerprint density at radius 2 is 0.925 bits per heavy atom.